The van der Waals surface area contributed by atoms with Crippen LogP contribution in [-0.2, 0) is 14.4 Å². The molecule has 1 heterocycles. The predicted octanol–water partition coefficient (Wildman–Crippen LogP) is 4.30. The van der Waals surface area contributed by atoms with E-state index < -0.39 is 0 Å². The highest BCUT2D eigenvalue weighted by atomic mass is 32.2. The molecule has 6 heteroatoms. The Labute approximate surface area is 168 Å². The van der Waals surface area contributed by atoms with Gasteiger partial charge < -0.3 is 5.32 Å². The van der Waals surface area contributed by atoms with Crippen LogP contribution in [0.4, 0.5) is 11.4 Å². The minimum absolute atomic E-state index is 0.179. The molecule has 0 fully saturated rings. The molecule has 0 saturated carbocycles. The summed E-state index contributed by atoms with van der Waals surface area (Å²) in [7, 11) is 0. The molecular weight excluding hydrogens is 372 g/mol. The lowest BCUT2D eigenvalue weighted by molar-refractivity contribution is -0.120. The smallest absolute Gasteiger partial charge is 0.272 e. The first-order valence-electron chi connectivity index (χ1n) is 9.04. The molecule has 0 spiro atoms. The van der Waals surface area contributed by atoms with Crippen LogP contribution in [0.25, 0.3) is 5.57 Å². The number of carbonyl (C=O) groups excluding carboxylic acids is 3. The Morgan fingerprint density at radius 1 is 1.04 bits per heavy atom. The number of thioether (sulfide) groups is 1. The molecule has 2 aromatic carbocycles. The van der Waals surface area contributed by atoms with Gasteiger partial charge in [-0.15, -0.1) is 11.8 Å². The zero-order chi connectivity index (χ0) is 20.4. The van der Waals surface area contributed by atoms with Crippen LogP contribution in [-0.4, -0.2) is 23.5 Å². The second-order valence-electron chi connectivity index (χ2n) is 6.63. The lowest BCUT2D eigenvalue weighted by Gasteiger charge is -2.16. The third-order valence-corrected chi connectivity index (χ3v) is 5.38. The average molecular weight is 394 g/mol. The summed E-state index contributed by atoms with van der Waals surface area (Å²) in [4.78, 5) is 39.2. The Morgan fingerprint density at radius 3 is 2.29 bits per heavy atom. The number of hydrogen-bond acceptors (Lipinski definition) is 4. The summed E-state index contributed by atoms with van der Waals surface area (Å²) in [6.45, 7) is 7.33. The van der Waals surface area contributed by atoms with Crippen LogP contribution >= 0.6 is 11.8 Å². The molecular formula is C22H22N2O3S. The number of rotatable bonds is 5. The zero-order valence-corrected chi connectivity index (χ0v) is 17.1. The van der Waals surface area contributed by atoms with E-state index in [0.717, 1.165) is 16.7 Å². The SMILES string of the molecule is CCSC1=C(c2ccc(C)cc2C)C(=O)N(c2ccc(NC(C)=O)cc2)C1=O. The number of amides is 3. The van der Waals surface area contributed by atoms with Crippen molar-refractivity contribution in [3.05, 3.63) is 64.1 Å². The van der Waals surface area contributed by atoms with E-state index in [-0.39, 0.29) is 17.7 Å². The van der Waals surface area contributed by atoms with E-state index in [1.165, 1.54) is 23.6 Å². The Bertz CT molecular complexity index is 993. The topological polar surface area (TPSA) is 66.5 Å². The lowest BCUT2D eigenvalue weighted by atomic mass is 9.99. The first kappa shape index (κ1) is 19.9. The van der Waals surface area contributed by atoms with Gasteiger partial charge in [-0.05, 0) is 55.0 Å². The fourth-order valence-corrected chi connectivity index (χ4v) is 4.10. The minimum atomic E-state index is -0.319. The van der Waals surface area contributed by atoms with E-state index in [1.54, 1.807) is 24.3 Å². The first-order chi connectivity index (χ1) is 13.3. The predicted molar refractivity (Wildman–Crippen MR) is 114 cm³/mol. The second-order valence-corrected chi connectivity index (χ2v) is 7.90. The molecule has 0 atom stereocenters. The molecule has 144 valence electrons. The van der Waals surface area contributed by atoms with Crippen LogP contribution in [0, 0.1) is 13.8 Å². The van der Waals surface area contributed by atoms with Crippen LogP contribution in [0.5, 0.6) is 0 Å². The van der Waals surface area contributed by atoms with Gasteiger partial charge in [0.15, 0.2) is 0 Å². The Kier molecular flexibility index (Phi) is 5.70. The maximum atomic E-state index is 13.3. The van der Waals surface area contributed by atoms with Gasteiger partial charge in [0.2, 0.25) is 5.91 Å². The summed E-state index contributed by atoms with van der Waals surface area (Å²) < 4.78 is 0. The van der Waals surface area contributed by atoms with Gasteiger partial charge in [-0.2, -0.15) is 0 Å². The largest absolute Gasteiger partial charge is 0.326 e. The van der Waals surface area contributed by atoms with Crippen molar-refractivity contribution in [3.8, 4) is 0 Å². The van der Waals surface area contributed by atoms with Gasteiger partial charge in [-0.1, -0.05) is 30.7 Å². The van der Waals surface area contributed by atoms with Crippen molar-refractivity contribution in [1.82, 2.24) is 0 Å². The van der Waals surface area contributed by atoms with Crippen molar-refractivity contribution in [1.29, 1.82) is 0 Å². The van der Waals surface area contributed by atoms with Crippen LogP contribution in [0.3, 0.4) is 0 Å². The third-order valence-electron chi connectivity index (χ3n) is 4.43. The molecule has 1 aliphatic rings. The monoisotopic (exact) mass is 394 g/mol. The first-order valence-corrected chi connectivity index (χ1v) is 10.0. The Balaban J connectivity index is 2.02. The number of anilines is 2. The summed E-state index contributed by atoms with van der Waals surface area (Å²) in [5, 5.41) is 2.68. The molecule has 0 radical (unpaired) electrons. The van der Waals surface area contributed by atoms with E-state index in [0.29, 0.717) is 27.6 Å². The van der Waals surface area contributed by atoms with Crippen LogP contribution in [0.1, 0.15) is 30.5 Å². The Hall–Kier alpha value is -2.86. The minimum Gasteiger partial charge on any atom is -0.326 e. The molecule has 3 amide bonds. The number of benzene rings is 2. The van der Waals surface area contributed by atoms with E-state index in [4.69, 9.17) is 0 Å². The fourth-order valence-electron chi connectivity index (χ4n) is 3.25. The standard InChI is InChI=1S/C22H22N2O3S/c1-5-28-20-19(18-11-6-13(2)12-14(18)3)21(26)24(22(20)27)17-9-7-16(8-10-17)23-15(4)25/h6-12H,5H2,1-4H3,(H,23,25). The maximum absolute atomic E-state index is 13.3. The highest BCUT2D eigenvalue weighted by Crippen LogP contribution is 2.39. The molecule has 2 aromatic rings. The summed E-state index contributed by atoms with van der Waals surface area (Å²) >= 11 is 1.39. The van der Waals surface area contributed by atoms with Gasteiger partial charge in [0.05, 0.1) is 16.2 Å². The fraction of sp³-hybridized carbons (Fsp3) is 0.227. The van der Waals surface area contributed by atoms with Gasteiger partial charge >= 0.3 is 0 Å². The normalized spacial score (nSPS) is 14.1. The Morgan fingerprint density at radius 2 is 1.71 bits per heavy atom. The number of hydrogen-bond donors (Lipinski definition) is 1. The van der Waals surface area contributed by atoms with Gasteiger partial charge in [0, 0.05) is 12.6 Å². The molecule has 0 bridgehead atoms. The van der Waals surface area contributed by atoms with E-state index in [2.05, 4.69) is 5.32 Å². The molecule has 3 rings (SSSR count). The van der Waals surface area contributed by atoms with E-state index in [1.807, 2.05) is 39.0 Å². The summed E-state index contributed by atoms with van der Waals surface area (Å²) in [5.41, 5.74) is 4.42. The lowest BCUT2D eigenvalue weighted by Crippen LogP contribution is -2.31. The molecule has 1 aliphatic heterocycles. The van der Waals surface area contributed by atoms with Gasteiger partial charge in [-0.3, -0.25) is 14.4 Å². The quantitative estimate of drug-likeness (QED) is 0.768. The number of nitrogens with zero attached hydrogens (tertiary/aromatic N) is 1. The van der Waals surface area contributed by atoms with Crippen molar-refractivity contribution < 1.29 is 14.4 Å². The number of aryl methyl sites for hydroxylation is 2. The van der Waals surface area contributed by atoms with Crippen molar-refractivity contribution in [2.45, 2.75) is 27.7 Å². The van der Waals surface area contributed by atoms with Crippen LogP contribution < -0.4 is 10.2 Å². The molecule has 0 saturated heterocycles. The number of carbonyl (C=O) groups is 3. The van der Waals surface area contributed by atoms with Crippen molar-refractivity contribution >= 4 is 46.4 Å². The molecule has 0 unspecified atom stereocenters. The van der Waals surface area contributed by atoms with E-state index >= 15 is 0 Å². The highest BCUT2D eigenvalue weighted by Gasteiger charge is 2.40. The maximum Gasteiger partial charge on any atom is 0.272 e. The summed E-state index contributed by atoms with van der Waals surface area (Å²) in [6.07, 6.45) is 0. The number of imide groups is 1. The zero-order valence-electron chi connectivity index (χ0n) is 16.3. The van der Waals surface area contributed by atoms with Crippen molar-refractivity contribution in [2.75, 3.05) is 16.0 Å². The van der Waals surface area contributed by atoms with Gasteiger partial charge in [0.25, 0.3) is 11.8 Å². The molecule has 28 heavy (non-hydrogen) atoms. The van der Waals surface area contributed by atoms with Gasteiger partial charge in [0.1, 0.15) is 0 Å². The third kappa shape index (κ3) is 3.73. The molecule has 0 aromatic heterocycles. The van der Waals surface area contributed by atoms with Crippen molar-refractivity contribution in [3.63, 3.8) is 0 Å². The average Bonchev–Trinajstić information content (AvgIpc) is 2.86. The summed E-state index contributed by atoms with van der Waals surface area (Å²) in [6, 6.07) is 12.6. The van der Waals surface area contributed by atoms with Gasteiger partial charge in [-0.25, -0.2) is 4.90 Å². The highest BCUT2D eigenvalue weighted by molar-refractivity contribution is 8.04. The molecule has 1 N–H and O–H groups in total. The van der Waals surface area contributed by atoms with Crippen LogP contribution in [0.2, 0.25) is 0 Å². The van der Waals surface area contributed by atoms with Crippen LogP contribution in [0.15, 0.2) is 47.4 Å². The molecule has 5 nitrogen and oxygen atoms in total. The molecule has 0 aliphatic carbocycles. The summed E-state index contributed by atoms with van der Waals surface area (Å²) in [5.74, 6) is -0.112. The van der Waals surface area contributed by atoms with Crippen molar-refractivity contribution in [2.24, 2.45) is 0 Å². The van der Waals surface area contributed by atoms with E-state index in [9.17, 15) is 14.4 Å². The second kappa shape index (κ2) is 8.02. The number of nitrogens with one attached hydrogen (secondary N) is 1.